The Bertz CT molecular complexity index is 742. The van der Waals surface area contributed by atoms with Gasteiger partial charge in [-0.1, -0.05) is 30.3 Å². The molecule has 0 saturated carbocycles. The average molecular weight is 329 g/mol. The maximum Gasteiger partial charge on any atom is 0.328 e. The summed E-state index contributed by atoms with van der Waals surface area (Å²) in [6, 6.07) is 8.87. The Kier molecular flexibility index (Phi) is 4.61. The third-order valence-electron chi connectivity index (χ3n) is 4.18. The highest BCUT2D eigenvalue weighted by atomic mass is 16.5. The third kappa shape index (κ3) is 3.16. The Balaban J connectivity index is 1.82. The van der Waals surface area contributed by atoms with Crippen molar-refractivity contribution in [3.05, 3.63) is 53.3 Å². The molecule has 1 N–H and O–H groups in total. The number of carbonyl (C=O) groups excluding carboxylic acids is 1. The van der Waals surface area contributed by atoms with Crippen molar-refractivity contribution >= 4 is 11.9 Å². The number of carbonyl (C=O) groups is 2. The third-order valence-corrected chi connectivity index (χ3v) is 4.18. The van der Waals surface area contributed by atoms with Crippen LogP contribution in [0.4, 0.5) is 0 Å². The van der Waals surface area contributed by atoms with Gasteiger partial charge in [0.15, 0.2) is 6.04 Å². The Labute approximate surface area is 139 Å². The van der Waals surface area contributed by atoms with Crippen LogP contribution in [0.5, 0.6) is 0 Å². The Hall–Kier alpha value is -2.67. The van der Waals surface area contributed by atoms with Gasteiger partial charge < -0.3 is 14.7 Å². The zero-order chi connectivity index (χ0) is 17.1. The van der Waals surface area contributed by atoms with E-state index in [0.29, 0.717) is 18.7 Å². The zero-order valence-electron chi connectivity index (χ0n) is 13.4. The number of carboxylic acids is 1. The highest BCUT2D eigenvalue weighted by Gasteiger charge is 2.34. The molecule has 0 radical (unpaired) electrons. The summed E-state index contributed by atoms with van der Waals surface area (Å²) in [6.45, 7) is 2.99. The van der Waals surface area contributed by atoms with Crippen molar-refractivity contribution < 1.29 is 19.4 Å². The molecule has 126 valence electrons. The molecule has 3 rings (SSSR count). The summed E-state index contributed by atoms with van der Waals surface area (Å²) in [5, 5.41) is 13.6. The molecule has 2 aromatic rings. The number of ether oxygens (including phenoxy) is 1. The van der Waals surface area contributed by atoms with Crippen LogP contribution in [-0.2, 0) is 16.1 Å². The maximum absolute atomic E-state index is 12.8. The fourth-order valence-corrected chi connectivity index (χ4v) is 2.78. The molecule has 1 aromatic carbocycles. The number of carboxylic acid groups (broad SMARTS) is 1. The number of rotatable bonds is 4. The molecule has 0 aliphatic carbocycles. The fourth-order valence-electron chi connectivity index (χ4n) is 2.78. The lowest BCUT2D eigenvalue weighted by Gasteiger charge is -2.32. The first kappa shape index (κ1) is 16.2. The van der Waals surface area contributed by atoms with E-state index >= 15 is 0 Å². The molecule has 1 fully saturated rings. The normalized spacial score (nSPS) is 17.7. The van der Waals surface area contributed by atoms with Crippen LogP contribution in [-0.4, -0.2) is 57.5 Å². The van der Waals surface area contributed by atoms with Gasteiger partial charge in [0.1, 0.15) is 0 Å². The Morgan fingerprint density at radius 3 is 2.79 bits per heavy atom. The van der Waals surface area contributed by atoms with Crippen LogP contribution >= 0.6 is 0 Å². The molecule has 7 heteroatoms. The molecule has 1 unspecified atom stereocenters. The largest absolute Gasteiger partial charge is 0.480 e. The molecule has 24 heavy (non-hydrogen) atoms. The number of aromatic nitrogens is 2. The molecule has 1 aliphatic rings. The Morgan fingerprint density at radius 2 is 2.08 bits per heavy atom. The van der Waals surface area contributed by atoms with E-state index in [1.54, 1.807) is 4.68 Å². The fraction of sp³-hybridized carbons (Fsp3) is 0.353. The van der Waals surface area contributed by atoms with E-state index in [0.717, 1.165) is 11.3 Å². The van der Waals surface area contributed by atoms with Crippen LogP contribution < -0.4 is 0 Å². The average Bonchev–Trinajstić information content (AvgIpc) is 2.96. The van der Waals surface area contributed by atoms with Gasteiger partial charge in [0.25, 0.3) is 5.91 Å². The molecule has 1 amide bonds. The van der Waals surface area contributed by atoms with Gasteiger partial charge in [0.2, 0.25) is 0 Å². The quantitative estimate of drug-likeness (QED) is 0.910. The highest BCUT2D eigenvalue weighted by Crippen LogP contribution is 2.17. The van der Waals surface area contributed by atoms with E-state index in [-0.39, 0.29) is 19.1 Å². The van der Waals surface area contributed by atoms with Gasteiger partial charge in [0, 0.05) is 12.2 Å². The van der Waals surface area contributed by atoms with Crippen molar-refractivity contribution in [2.75, 3.05) is 19.8 Å². The zero-order valence-corrected chi connectivity index (χ0v) is 13.4. The van der Waals surface area contributed by atoms with Gasteiger partial charge in [-0.3, -0.25) is 9.48 Å². The molecule has 7 nitrogen and oxygen atoms in total. The summed E-state index contributed by atoms with van der Waals surface area (Å²) in [7, 11) is 0. The standard InChI is InChI=1S/C17H19N3O4/c1-12-14(9-18-20(12)10-13-5-3-2-4-6-13)16(21)19-7-8-24-11-15(19)17(22)23/h2-6,9,15H,7-8,10-11H2,1H3,(H,22,23). The highest BCUT2D eigenvalue weighted by molar-refractivity contribution is 5.97. The van der Waals surface area contributed by atoms with Crippen LogP contribution in [0, 0.1) is 6.92 Å². The van der Waals surface area contributed by atoms with E-state index < -0.39 is 12.0 Å². The molecule has 0 bridgehead atoms. The van der Waals surface area contributed by atoms with Crippen molar-refractivity contribution in [2.24, 2.45) is 0 Å². The van der Waals surface area contributed by atoms with Crippen molar-refractivity contribution in [3.8, 4) is 0 Å². The molecule has 1 aliphatic heterocycles. The van der Waals surface area contributed by atoms with Gasteiger partial charge in [-0.05, 0) is 12.5 Å². The number of nitrogens with zero attached hydrogens (tertiary/aromatic N) is 3. The lowest BCUT2D eigenvalue weighted by atomic mass is 10.1. The number of benzene rings is 1. The number of aliphatic carboxylic acids is 1. The molecule has 0 spiro atoms. The summed E-state index contributed by atoms with van der Waals surface area (Å²) >= 11 is 0. The summed E-state index contributed by atoms with van der Waals surface area (Å²) in [6.07, 6.45) is 1.51. The van der Waals surface area contributed by atoms with Crippen LogP contribution in [0.3, 0.4) is 0 Å². The topological polar surface area (TPSA) is 84.7 Å². The van der Waals surface area contributed by atoms with Gasteiger partial charge in [-0.25, -0.2) is 4.79 Å². The van der Waals surface area contributed by atoms with E-state index in [1.807, 2.05) is 37.3 Å². The first-order chi connectivity index (χ1) is 11.6. The van der Waals surface area contributed by atoms with Gasteiger partial charge in [-0.2, -0.15) is 5.10 Å². The predicted octanol–water partition coefficient (Wildman–Crippen LogP) is 1.17. The molecule has 1 saturated heterocycles. The van der Waals surface area contributed by atoms with Gasteiger partial charge in [-0.15, -0.1) is 0 Å². The summed E-state index contributed by atoms with van der Waals surface area (Å²) in [4.78, 5) is 25.4. The van der Waals surface area contributed by atoms with Gasteiger partial charge in [0.05, 0.1) is 31.5 Å². The van der Waals surface area contributed by atoms with E-state index in [9.17, 15) is 14.7 Å². The number of morpholine rings is 1. The van der Waals surface area contributed by atoms with E-state index in [4.69, 9.17) is 4.74 Å². The predicted molar refractivity (Wildman–Crippen MR) is 85.8 cm³/mol. The van der Waals surface area contributed by atoms with E-state index in [2.05, 4.69) is 5.10 Å². The minimum absolute atomic E-state index is 0.0122. The summed E-state index contributed by atoms with van der Waals surface area (Å²) in [5.41, 5.74) is 2.23. The first-order valence-corrected chi connectivity index (χ1v) is 7.76. The van der Waals surface area contributed by atoms with Crippen LogP contribution in [0.1, 0.15) is 21.6 Å². The van der Waals surface area contributed by atoms with Crippen LogP contribution in [0.15, 0.2) is 36.5 Å². The number of hydrogen-bond acceptors (Lipinski definition) is 4. The van der Waals surface area contributed by atoms with Crippen molar-refractivity contribution in [2.45, 2.75) is 19.5 Å². The smallest absolute Gasteiger partial charge is 0.328 e. The molecule has 1 aromatic heterocycles. The van der Waals surface area contributed by atoms with Crippen molar-refractivity contribution in [1.82, 2.24) is 14.7 Å². The monoisotopic (exact) mass is 329 g/mol. The second-order valence-electron chi connectivity index (χ2n) is 5.71. The SMILES string of the molecule is Cc1c(C(=O)N2CCOCC2C(=O)O)cnn1Cc1ccccc1. The van der Waals surface area contributed by atoms with E-state index in [1.165, 1.54) is 11.1 Å². The number of hydrogen-bond donors (Lipinski definition) is 1. The molecule has 1 atom stereocenters. The minimum Gasteiger partial charge on any atom is -0.480 e. The van der Waals surface area contributed by atoms with Crippen molar-refractivity contribution in [3.63, 3.8) is 0 Å². The summed E-state index contributed by atoms with van der Waals surface area (Å²) in [5.74, 6) is -1.38. The van der Waals surface area contributed by atoms with Crippen molar-refractivity contribution in [1.29, 1.82) is 0 Å². The van der Waals surface area contributed by atoms with Crippen LogP contribution in [0.2, 0.25) is 0 Å². The molecule has 2 heterocycles. The second-order valence-corrected chi connectivity index (χ2v) is 5.71. The minimum atomic E-state index is -1.06. The molecular weight excluding hydrogens is 310 g/mol. The first-order valence-electron chi connectivity index (χ1n) is 7.76. The summed E-state index contributed by atoms with van der Waals surface area (Å²) < 4.78 is 6.93. The lowest BCUT2D eigenvalue weighted by Crippen LogP contribution is -2.52. The number of amides is 1. The van der Waals surface area contributed by atoms with Crippen LogP contribution in [0.25, 0.3) is 0 Å². The molecular formula is C17H19N3O4. The second kappa shape index (κ2) is 6.84. The maximum atomic E-state index is 12.8. The Morgan fingerprint density at radius 1 is 1.33 bits per heavy atom. The van der Waals surface area contributed by atoms with Gasteiger partial charge >= 0.3 is 5.97 Å². The lowest BCUT2D eigenvalue weighted by molar-refractivity contribution is -0.147.